The van der Waals surface area contributed by atoms with Crippen molar-refractivity contribution in [1.82, 2.24) is 0 Å². The zero-order valence-electron chi connectivity index (χ0n) is 9.84. The molecule has 0 unspecified atom stereocenters. The van der Waals surface area contributed by atoms with Crippen LogP contribution in [0.5, 0.6) is 0 Å². The molecule has 0 fully saturated rings. The minimum absolute atomic E-state index is 0.0307. The molecule has 0 aliphatic carbocycles. The quantitative estimate of drug-likeness (QED) is 0.312. The van der Waals surface area contributed by atoms with Crippen molar-refractivity contribution in [1.29, 1.82) is 0 Å². The zero-order chi connectivity index (χ0) is 11.4. The molecule has 2 heteroatoms. The maximum atomic E-state index is 10.5. The molecule has 0 rings (SSSR count). The standard InChI is InChI=1S/C13H25OS/c1-2-3-4-5-6-7-8-9-10-11-12-13(14)15/h1-12H2,(H,14,15)/q-1. The van der Waals surface area contributed by atoms with Crippen molar-refractivity contribution in [3.63, 3.8) is 0 Å². The zero-order valence-corrected chi connectivity index (χ0v) is 10.7. The van der Waals surface area contributed by atoms with Crippen LogP contribution in [-0.2, 0) is 4.79 Å². The summed E-state index contributed by atoms with van der Waals surface area (Å²) in [6.07, 6.45) is 13.2. The van der Waals surface area contributed by atoms with E-state index in [1.54, 1.807) is 0 Å². The number of hydrogen-bond acceptors (Lipinski definition) is 1. The Kier molecular flexibility index (Phi) is 12.1. The van der Waals surface area contributed by atoms with E-state index in [0.29, 0.717) is 6.42 Å². The second-order valence-corrected chi connectivity index (χ2v) is 4.68. The molecule has 0 aromatic carbocycles. The molecule has 0 aliphatic heterocycles. The van der Waals surface area contributed by atoms with Crippen molar-refractivity contribution in [2.45, 2.75) is 70.6 Å². The summed E-state index contributed by atoms with van der Waals surface area (Å²) in [5.41, 5.74) is 0. The first kappa shape index (κ1) is 15.0. The van der Waals surface area contributed by atoms with Gasteiger partial charge in [0.15, 0.2) is 5.12 Å². The molecule has 0 heterocycles. The fraction of sp³-hybridized carbons (Fsp3) is 0.846. The van der Waals surface area contributed by atoms with E-state index < -0.39 is 0 Å². The highest BCUT2D eigenvalue weighted by Gasteiger charge is 1.95. The SMILES string of the molecule is [CH2-]CCCCCCCCCCCC(=O)S. The first-order valence-electron chi connectivity index (χ1n) is 6.28. The molecule has 0 N–H and O–H groups in total. The van der Waals surface area contributed by atoms with Gasteiger partial charge in [0.1, 0.15) is 0 Å². The molecule has 0 aromatic heterocycles. The lowest BCUT2D eigenvalue weighted by atomic mass is 10.1. The molecule has 0 bridgehead atoms. The van der Waals surface area contributed by atoms with Gasteiger partial charge in [-0.05, 0) is 6.42 Å². The van der Waals surface area contributed by atoms with E-state index in [2.05, 4.69) is 19.6 Å². The summed E-state index contributed by atoms with van der Waals surface area (Å²) in [7, 11) is 0. The lowest BCUT2D eigenvalue weighted by Gasteiger charge is -2.02. The van der Waals surface area contributed by atoms with Gasteiger partial charge >= 0.3 is 0 Å². The van der Waals surface area contributed by atoms with E-state index in [1.165, 1.54) is 51.4 Å². The third-order valence-corrected chi connectivity index (χ3v) is 2.86. The van der Waals surface area contributed by atoms with Crippen molar-refractivity contribution in [2.75, 3.05) is 0 Å². The van der Waals surface area contributed by atoms with E-state index in [9.17, 15) is 4.79 Å². The summed E-state index contributed by atoms with van der Waals surface area (Å²) in [4.78, 5) is 10.5. The fourth-order valence-corrected chi connectivity index (χ4v) is 1.85. The topological polar surface area (TPSA) is 17.1 Å². The van der Waals surface area contributed by atoms with Gasteiger partial charge in [-0.3, -0.25) is 4.79 Å². The predicted octanol–water partition coefficient (Wildman–Crippen LogP) is 4.57. The molecule has 1 nitrogen and oxygen atoms in total. The molecule has 0 aliphatic rings. The highest BCUT2D eigenvalue weighted by Crippen LogP contribution is 2.11. The van der Waals surface area contributed by atoms with Gasteiger partial charge in [-0.25, -0.2) is 0 Å². The van der Waals surface area contributed by atoms with Gasteiger partial charge in [-0.1, -0.05) is 51.4 Å². The van der Waals surface area contributed by atoms with Gasteiger partial charge in [0, 0.05) is 6.42 Å². The summed E-state index contributed by atoms with van der Waals surface area (Å²) in [5, 5.41) is 0.0307. The average molecular weight is 229 g/mol. The van der Waals surface area contributed by atoms with Crippen LogP contribution in [0.1, 0.15) is 70.6 Å². The maximum absolute atomic E-state index is 10.5. The van der Waals surface area contributed by atoms with Crippen molar-refractivity contribution in [3.8, 4) is 0 Å². The molecule has 0 amide bonds. The predicted molar refractivity (Wildman–Crippen MR) is 70.1 cm³/mol. The van der Waals surface area contributed by atoms with Crippen LogP contribution < -0.4 is 0 Å². The Morgan fingerprint density at radius 2 is 1.20 bits per heavy atom. The number of unbranched alkanes of at least 4 members (excludes halogenated alkanes) is 9. The van der Waals surface area contributed by atoms with E-state index in [1.807, 2.05) is 0 Å². The number of rotatable bonds is 11. The van der Waals surface area contributed by atoms with E-state index in [-0.39, 0.29) is 5.12 Å². The Bertz CT molecular complexity index is 145. The number of carbonyl (C=O) groups excluding carboxylic acids is 1. The number of hydrogen-bond donors (Lipinski definition) is 1. The van der Waals surface area contributed by atoms with Crippen molar-refractivity contribution in [2.24, 2.45) is 0 Å². The molecular formula is C13H25OS-. The Balaban J connectivity index is 2.89. The Hall–Kier alpha value is 0.0200. The van der Waals surface area contributed by atoms with Crippen molar-refractivity contribution in [3.05, 3.63) is 6.92 Å². The summed E-state index contributed by atoms with van der Waals surface area (Å²) in [5.74, 6) is 0. The molecular weight excluding hydrogens is 204 g/mol. The summed E-state index contributed by atoms with van der Waals surface area (Å²) < 4.78 is 0. The van der Waals surface area contributed by atoms with E-state index in [0.717, 1.165) is 12.8 Å². The first-order chi connectivity index (χ1) is 7.27. The summed E-state index contributed by atoms with van der Waals surface area (Å²) in [6, 6.07) is 0. The van der Waals surface area contributed by atoms with Crippen LogP contribution in [0.25, 0.3) is 0 Å². The average Bonchev–Trinajstić information content (AvgIpc) is 2.20. The highest BCUT2D eigenvalue weighted by molar-refractivity contribution is 7.96. The molecule has 0 saturated carbocycles. The van der Waals surface area contributed by atoms with Crippen LogP contribution in [0.4, 0.5) is 0 Å². The van der Waals surface area contributed by atoms with Crippen LogP contribution in [0.3, 0.4) is 0 Å². The Labute approximate surface area is 100 Å². The molecule has 0 aromatic rings. The van der Waals surface area contributed by atoms with Crippen LogP contribution in [0.15, 0.2) is 0 Å². The second-order valence-electron chi connectivity index (χ2n) is 4.18. The van der Waals surface area contributed by atoms with Gasteiger partial charge in [0.05, 0.1) is 0 Å². The smallest absolute Gasteiger partial charge is 0.185 e. The Morgan fingerprint density at radius 1 is 0.800 bits per heavy atom. The summed E-state index contributed by atoms with van der Waals surface area (Å²) >= 11 is 3.75. The third kappa shape index (κ3) is 14.0. The number of carbonyl (C=O) groups is 1. The largest absolute Gasteiger partial charge is 0.343 e. The molecule has 90 valence electrons. The van der Waals surface area contributed by atoms with E-state index in [4.69, 9.17) is 0 Å². The van der Waals surface area contributed by atoms with Crippen LogP contribution in [-0.4, -0.2) is 5.12 Å². The molecule has 0 saturated heterocycles. The van der Waals surface area contributed by atoms with Gasteiger partial charge in [-0.2, -0.15) is 6.42 Å². The second kappa shape index (κ2) is 12.1. The van der Waals surface area contributed by atoms with Crippen molar-refractivity contribution < 1.29 is 4.79 Å². The van der Waals surface area contributed by atoms with Gasteiger partial charge < -0.3 is 6.92 Å². The van der Waals surface area contributed by atoms with Crippen LogP contribution in [0, 0.1) is 6.92 Å². The van der Waals surface area contributed by atoms with Gasteiger partial charge in [0.2, 0.25) is 0 Å². The van der Waals surface area contributed by atoms with Gasteiger partial charge in [0.25, 0.3) is 0 Å². The van der Waals surface area contributed by atoms with Crippen LogP contribution in [0.2, 0.25) is 0 Å². The molecule has 0 atom stereocenters. The first-order valence-corrected chi connectivity index (χ1v) is 6.73. The maximum Gasteiger partial charge on any atom is 0.185 e. The minimum Gasteiger partial charge on any atom is -0.343 e. The Morgan fingerprint density at radius 3 is 1.60 bits per heavy atom. The molecule has 15 heavy (non-hydrogen) atoms. The molecule has 0 spiro atoms. The van der Waals surface area contributed by atoms with Crippen LogP contribution >= 0.6 is 12.6 Å². The van der Waals surface area contributed by atoms with Crippen molar-refractivity contribution >= 4 is 17.7 Å². The third-order valence-electron chi connectivity index (χ3n) is 2.64. The number of thiol groups is 1. The lowest BCUT2D eigenvalue weighted by molar-refractivity contribution is -0.110. The molecule has 0 radical (unpaired) electrons. The lowest BCUT2D eigenvalue weighted by Crippen LogP contribution is -1.86. The fourth-order valence-electron chi connectivity index (χ4n) is 1.69. The van der Waals surface area contributed by atoms with Gasteiger partial charge in [-0.15, -0.1) is 12.6 Å². The van der Waals surface area contributed by atoms with E-state index >= 15 is 0 Å². The normalized spacial score (nSPS) is 10.5. The monoisotopic (exact) mass is 229 g/mol. The summed E-state index contributed by atoms with van der Waals surface area (Å²) in [6.45, 7) is 3.83. The minimum atomic E-state index is 0.0307. The highest BCUT2D eigenvalue weighted by atomic mass is 32.1.